The minimum atomic E-state index is -0.178. The van der Waals surface area contributed by atoms with Gasteiger partial charge in [0.05, 0.1) is 5.56 Å². The molecule has 0 saturated carbocycles. The summed E-state index contributed by atoms with van der Waals surface area (Å²) < 4.78 is 0. The maximum Gasteiger partial charge on any atom is 0.252 e. The number of likely N-dealkylation sites (N-methyl/N-ethyl adjacent to an activating group) is 1. The van der Waals surface area contributed by atoms with Crippen LogP contribution in [0.5, 0.6) is 0 Å². The highest BCUT2D eigenvalue weighted by molar-refractivity contribution is 6.15. The van der Waals surface area contributed by atoms with Crippen molar-refractivity contribution >= 4 is 11.7 Å². The molecule has 4 nitrogen and oxygen atoms in total. The van der Waals surface area contributed by atoms with Gasteiger partial charge in [0.1, 0.15) is 0 Å². The zero-order chi connectivity index (χ0) is 17.6. The smallest absolute Gasteiger partial charge is 0.252 e. The molecule has 1 heterocycles. The number of carbonyl (C=O) groups is 2. The molecule has 0 spiro atoms. The number of amides is 1. The van der Waals surface area contributed by atoms with E-state index < -0.39 is 0 Å². The molecule has 1 amide bonds. The average Bonchev–Trinajstić information content (AvgIpc) is 3.14. The Morgan fingerprint density at radius 3 is 2.44 bits per heavy atom. The summed E-state index contributed by atoms with van der Waals surface area (Å²) in [5, 5.41) is 3.02. The fourth-order valence-corrected chi connectivity index (χ4v) is 3.47. The maximum absolute atomic E-state index is 12.7. The lowest BCUT2D eigenvalue weighted by Gasteiger charge is -2.23. The van der Waals surface area contributed by atoms with Gasteiger partial charge < -0.3 is 5.32 Å². The molecule has 0 bridgehead atoms. The zero-order valence-electron chi connectivity index (χ0n) is 14.6. The van der Waals surface area contributed by atoms with Crippen LogP contribution in [-0.2, 0) is 0 Å². The van der Waals surface area contributed by atoms with E-state index in [1.54, 1.807) is 36.4 Å². The largest absolute Gasteiger partial charge is 0.350 e. The molecular weight excluding hydrogens is 312 g/mol. The Morgan fingerprint density at radius 2 is 1.72 bits per heavy atom. The Morgan fingerprint density at radius 1 is 1.04 bits per heavy atom. The van der Waals surface area contributed by atoms with E-state index in [0.29, 0.717) is 29.3 Å². The van der Waals surface area contributed by atoms with Crippen LogP contribution in [-0.4, -0.2) is 42.3 Å². The van der Waals surface area contributed by atoms with Gasteiger partial charge in [-0.05, 0) is 32.0 Å². The minimum absolute atomic E-state index is 0.123. The monoisotopic (exact) mass is 336 g/mol. The minimum Gasteiger partial charge on any atom is -0.350 e. The number of hydrogen-bond donors (Lipinski definition) is 1. The molecule has 0 radical (unpaired) electrons. The number of carbonyl (C=O) groups excluding carboxylic acids is 2. The topological polar surface area (TPSA) is 49.4 Å². The number of likely N-dealkylation sites (tertiary alicyclic amines) is 1. The van der Waals surface area contributed by atoms with Crippen LogP contribution >= 0.6 is 0 Å². The van der Waals surface area contributed by atoms with Gasteiger partial charge in [-0.25, -0.2) is 0 Å². The lowest BCUT2D eigenvalue weighted by Crippen LogP contribution is -2.40. The second-order valence-corrected chi connectivity index (χ2v) is 6.38. The first-order valence-electron chi connectivity index (χ1n) is 8.91. The number of ketones is 1. The van der Waals surface area contributed by atoms with Crippen molar-refractivity contribution in [2.45, 2.75) is 25.8 Å². The molecule has 0 aromatic heterocycles. The molecule has 1 aliphatic rings. The highest BCUT2D eigenvalue weighted by Gasteiger charge is 2.24. The van der Waals surface area contributed by atoms with E-state index in [1.807, 2.05) is 18.2 Å². The molecule has 0 unspecified atom stereocenters. The molecule has 3 rings (SSSR count). The highest BCUT2D eigenvalue weighted by atomic mass is 16.2. The Bertz CT molecular complexity index is 743. The average molecular weight is 336 g/mol. The lowest BCUT2D eigenvalue weighted by molar-refractivity contribution is 0.0931. The quantitative estimate of drug-likeness (QED) is 0.825. The molecule has 130 valence electrons. The second kappa shape index (κ2) is 8.08. The van der Waals surface area contributed by atoms with E-state index in [1.165, 1.54) is 6.42 Å². The number of benzene rings is 2. The van der Waals surface area contributed by atoms with Gasteiger partial charge in [0.25, 0.3) is 5.91 Å². The molecule has 25 heavy (non-hydrogen) atoms. The van der Waals surface area contributed by atoms with Crippen LogP contribution in [0.3, 0.4) is 0 Å². The Kier molecular flexibility index (Phi) is 5.61. The van der Waals surface area contributed by atoms with Crippen LogP contribution < -0.4 is 5.32 Å². The number of hydrogen-bond acceptors (Lipinski definition) is 3. The molecule has 1 saturated heterocycles. The van der Waals surface area contributed by atoms with Crippen LogP contribution in [0.1, 0.15) is 46.0 Å². The molecule has 2 aromatic carbocycles. The Hall–Kier alpha value is -2.46. The fraction of sp³-hybridized carbons (Fsp3) is 0.333. The highest BCUT2D eigenvalue weighted by Crippen LogP contribution is 2.17. The summed E-state index contributed by atoms with van der Waals surface area (Å²) in [7, 11) is 0. The molecule has 2 aromatic rings. The third kappa shape index (κ3) is 3.97. The van der Waals surface area contributed by atoms with Crippen LogP contribution in [0, 0.1) is 0 Å². The van der Waals surface area contributed by atoms with E-state index in [2.05, 4.69) is 17.1 Å². The van der Waals surface area contributed by atoms with Gasteiger partial charge in [-0.2, -0.15) is 0 Å². The molecule has 1 atom stereocenters. The van der Waals surface area contributed by atoms with Crippen molar-refractivity contribution in [1.82, 2.24) is 10.2 Å². The third-order valence-corrected chi connectivity index (χ3v) is 4.86. The van der Waals surface area contributed by atoms with E-state index in [9.17, 15) is 9.59 Å². The van der Waals surface area contributed by atoms with E-state index >= 15 is 0 Å². The number of nitrogens with one attached hydrogen (secondary N) is 1. The SMILES string of the molecule is CCN1CCC[C@@H]1CNC(=O)c1ccccc1C(=O)c1ccccc1. The molecule has 1 N–H and O–H groups in total. The zero-order valence-corrected chi connectivity index (χ0v) is 14.6. The Balaban J connectivity index is 1.74. The maximum atomic E-state index is 12.7. The van der Waals surface area contributed by atoms with Crippen molar-refractivity contribution < 1.29 is 9.59 Å². The van der Waals surface area contributed by atoms with Crippen molar-refractivity contribution in [3.8, 4) is 0 Å². The first kappa shape index (κ1) is 17.4. The molecular formula is C21H24N2O2. The van der Waals surface area contributed by atoms with E-state index in [4.69, 9.17) is 0 Å². The van der Waals surface area contributed by atoms with Gasteiger partial charge in [0.15, 0.2) is 5.78 Å². The summed E-state index contributed by atoms with van der Waals surface area (Å²) >= 11 is 0. The summed E-state index contributed by atoms with van der Waals surface area (Å²) in [6.45, 7) is 4.87. The summed E-state index contributed by atoms with van der Waals surface area (Å²) in [6.07, 6.45) is 2.29. The third-order valence-electron chi connectivity index (χ3n) is 4.86. The van der Waals surface area contributed by atoms with Gasteiger partial charge in [-0.3, -0.25) is 14.5 Å². The van der Waals surface area contributed by atoms with Crippen molar-refractivity contribution in [2.75, 3.05) is 19.6 Å². The van der Waals surface area contributed by atoms with Crippen molar-refractivity contribution in [3.05, 3.63) is 71.3 Å². The predicted octanol–water partition coefficient (Wildman–Crippen LogP) is 3.13. The Labute approximate surface area is 148 Å². The summed E-state index contributed by atoms with van der Waals surface area (Å²) in [5.41, 5.74) is 1.48. The molecule has 1 aliphatic heterocycles. The summed E-state index contributed by atoms with van der Waals surface area (Å²) in [4.78, 5) is 27.8. The first-order chi connectivity index (χ1) is 12.2. The van der Waals surface area contributed by atoms with Gasteiger partial charge in [-0.15, -0.1) is 0 Å². The fourth-order valence-electron chi connectivity index (χ4n) is 3.47. The van der Waals surface area contributed by atoms with Crippen molar-refractivity contribution in [2.24, 2.45) is 0 Å². The second-order valence-electron chi connectivity index (χ2n) is 6.38. The molecule has 1 fully saturated rings. The molecule has 4 heteroatoms. The standard InChI is InChI=1S/C21H24N2O2/c1-2-23-14-8-11-17(23)15-22-21(25)19-13-7-6-12-18(19)20(24)16-9-4-3-5-10-16/h3-7,9-10,12-13,17H,2,8,11,14-15H2,1H3,(H,22,25)/t17-/m1/s1. The summed E-state index contributed by atoms with van der Waals surface area (Å²) in [6, 6.07) is 16.5. The van der Waals surface area contributed by atoms with E-state index in [-0.39, 0.29) is 11.7 Å². The van der Waals surface area contributed by atoms with Gasteiger partial charge >= 0.3 is 0 Å². The van der Waals surface area contributed by atoms with Crippen LogP contribution in [0.15, 0.2) is 54.6 Å². The predicted molar refractivity (Wildman–Crippen MR) is 98.9 cm³/mol. The summed E-state index contributed by atoms with van der Waals surface area (Å²) in [5.74, 6) is -0.301. The number of rotatable bonds is 6. The van der Waals surface area contributed by atoms with E-state index in [0.717, 1.165) is 19.5 Å². The van der Waals surface area contributed by atoms with Gasteiger partial charge in [0, 0.05) is 23.7 Å². The van der Waals surface area contributed by atoms with Gasteiger partial charge in [0.2, 0.25) is 0 Å². The van der Waals surface area contributed by atoms with Crippen molar-refractivity contribution in [1.29, 1.82) is 0 Å². The number of nitrogens with zero attached hydrogens (tertiary/aromatic N) is 1. The van der Waals surface area contributed by atoms with Gasteiger partial charge in [-0.1, -0.05) is 55.5 Å². The lowest BCUT2D eigenvalue weighted by atomic mass is 9.98. The normalized spacial score (nSPS) is 17.4. The first-order valence-corrected chi connectivity index (χ1v) is 8.91. The van der Waals surface area contributed by atoms with Crippen LogP contribution in [0.25, 0.3) is 0 Å². The molecule has 0 aliphatic carbocycles. The van der Waals surface area contributed by atoms with Crippen molar-refractivity contribution in [3.63, 3.8) is 0 Å². The van der Waals surface area contributed by atoms with Crippen LogP contribution in [0.2, 0.25) is 0 Å². The van der Waals surface area contributed by atoms with Crippen LogP contribution in [0.4, 0.5) is 0 Å².